The minimum atomic E-state index is -1.02. The minimum absolute atomic E-state index is 0.00248. The van der Waals surface area contributed by atoms with E-state index in [9.17, 15) is 24.0 Å². The average Bonchev–Trinajstić information content (AvgIpc) is 3.29. The van der Waals surface area contributed by atoms with E-state index in [4.69, 9.17) is 14.2 Å². The molecule has 9 heteroatoms. The first-order chi connectivity index (χ1) is 23.3. The quantitative estimate of drug-likeness (QED) is 0.270. The fourth-order valence-corrected chi connectivity index (χ4v) is 10.7. The summed E-state index contributed by atoms with van der Waals surface area (Å²) in [6.07, 6.45) is 4.66. The summed E-state index contributed by atoms with van der Waals surface area (Å²) in [5, 5.41) is 0. The van der Waals surface area contributed by atoms with E-state index < -0.39 is 51.5 Å². The Balaban J connectivity index is 1.36. The fourth-order valence-electron chi connectivity index (χ4n) is 10.7. The van der Waals surface area contributed by atoms with Gasteiger partial charge in [0, 0.05) is 30.1 Å². The molecular weight excluding hydrogens is 634 g/mol. The zero-order valence-corrected chi connectivity index (χ0v) is 31.1. The van der Waals surface area contributed by atoms with Crippen molar-refractivity contribution in [3.8, 4) is 0 Å². The second kappa shape index (κ2) is 12.7. The number of Topliss-reactive ketones (excluding diaryl/α,β-unsaturated/α-hetero) is 2. The predicted octanol–water partition coefficient (Wildman–Crippen LogP) is 7.51. The molecule has 3 aliphatic carbocycles. The van der Waals surface area contributed by atoms with Crippen molar-refractivity contribution < 1.29 is 38.2 Å². The number of ether oxygens (including phenoxy) is 3. The Labute approximate surface area is 296 Å². The second-order valence-corrected chi connectivity index (χ2v) is 17.8. The van der Waals surface area contributed by atoms with E-state index in [2.05, 4.69) is 6.92 Å². The maximum absolute atomic E-state index is 14.9. The molecule has 9 atom stereocenters. The zero-order chi connectivity index (χ0) is 36.4. The number of rotatable bonds is 7. The van der Waals surface area contributed by atoms with Crippen molar-refractivity contribution in [3.05, 3.63) is 47.5 Å². The number of ketones is 3. The van der Waals surface area contributed by atoms with E-state index in [1.807, 2.05) is 54.5 Å². The van der Waals surface area contributed by atoms with Crippen LogP contribution in [0.1, 0.15) is 117 Å². The molecule has 2 aliphatic heterocycles. The van der Waals surface area contributed by atoms with E-state index in [0.717, 1.165) is 12.0 Å². The van der Waals surface area contributed by atoms with Crippen LogP contribution in [-0.4, -0.2) is 64.9 Å². The van der Waals surface area contributed by atoms with Crippen LogP contribution < -0.4 is 0 Å². The summed E-state index contributed by atoms with van der Waals surface area (Å²) in [6.45, 7) is 16.2. The highest BCUT2D eigenvalue weighted by Crippen LogP contribution is 2.68. The highest BCUT2D eigenvalue weighted by atomic mass is 16.6. The summed E-state index contributed by atoms with van der Waals surface area (Å²) in [5.41, 5.74) is -2.88. The Bertz CT molecular complexity index is 1590. The summed E-state index contributed by atoms with van der Waals surface area (Å²) < 4.78 is 18.4. The highest BCUT2D eigenvalue weighted by Gasteiger charge is 2.69. The third-order valence-corrected chi connectivity index (χ3v) is 13.2. The Morgan fingerprint density at radius 1 is 1.00 bits per heavy atom. The second-order valence-electron chi connectivity index (χ2n) is 17.8. The van der Waals surface area contributed by atoms with Crippen LogP contribution in [0.15, 0.2) is 42.0 Å². The van der Waals surface area contributed by atoms with Crippen LogP contribution >= 0.6 is 0 Å². The number of carbonyl (C=O) groups excluding carboxylic acids is 5. The lowest BCUT2D eigenvalue weighted by atomic mass is 9.37. The third-order valence-electron chi connectivity index (χ3n) is 13.2. The van der Waals surface area contributed by atoms with Crippen molar-refractivity contribution in [2.75, 3.05) is 13.2 Å². The molecule has 4 fully saturated rings. The Kier molecular flexibility index (Phi) is 9.27. The van der Waals surface area contributed by atoms with Crippen molar-refractivity contribution in [3.63, 3.8) is 0 Å². The van der Waals surface area contributed by atoms with Crippen molar-refractivity contribution in [2.24, 2.45) is 39.9 Å². The molecule has 2 saturated carbocycles. The van der Waals surface area contributed by atoms with Crippen LogP contribution in [-0.2, 0) is 28.6 Å². The van der Waals surface area contributed by atoms with Gasteiger partial charge in [-0.05, 0) is 107 Å². The number of esters is 1. The number of amides is 1. The fraction of sp³-hybridized carbons (Fsp3) is 0.683. The van der Waals surface area contributed by atoms with Gasteiger partial charge in [0.1, 0.15) is 22.9 Å². The molecule has 0 aromatic heterocycles. The normalized spacial score (nSPS) is 38.2. The molecule has 272 valence electrons. The number of benzene rings is 1. The Hall–Kier alpha value is -3.33. The molecule has 2 heterocycles. The molecule has 50 heavy (non-hydrogen) atoms. The van der Waals surface area contributed by atoms with Crippen molar-refractivity contribution in [1.82, 2.24) is 4.90 Å². The maximum Gasteiger partial charge on any atom is 0.412 e. The molecule has 9 nitrogen and oxygen atoms in total. The molecule has 2 bridgehead atoms. The predicted molar refractivity (Wildman–Crippen MR) is 187 cm³/mol. The van der Waals surface area contributed by atoms with Crippen molar-refractivity contribution >= 4 is 29.4 Å². The van der Waals surface area contributed by atoms with E-state index in [1.165, 1.54) is 0 Å². The SMILES string of the molecule is CC1=CC(=O)[C@H]2CC(=O)[C@H]3[C@@](C)(CC(=O)[C@@](C)(CC[C@]45C[C@@H](C)C[C@H](CN4C(=O)OC(C)(C)C)O5)[C@@]3(C)CCOC(=O)c3ccccc3)[C@@H]2C1. The van der Waals surface area contributed by atoms with Gasteiger partial charge in [-0.1, -0.05) is 51.5 Å². The average molecular weight is 690 g/mol. The number of hydrogen-bond acceptors (Lipinski definition) is 8. The van der Waals surface area contributed by atoms with Gasteiger partial charge in [0.15, 0.2) is 5.78 Å². The number of hydrogen-bond donors (Lipinski definition) is 0. The third kappa shape index (κ3) is 6.15. The Morgan fingerprint density at radius 3 is 2.38 bits per heavy atom. The van der Waals surface area contributed by atoms with Crippen LogP contribution in [0.3, 0.4) is 0 Å². The van der Waals surface area contributed by atoms with Crippen LogP contribution in [0.5, 0.6) is 0 Å². The number of nitrogens with zero attached hydrogens (tertiary/aromatic N) is 1. The number of allylic oxidation sites excluding steroid dienone is 2. The van der Waals surface area contributed by atoms with E-state index in [0.29, 0.717) is 50.1 Å². The van der Waals surface area contributed by atoms with Gasteiger partial charge in [-0.2, -0.15) is 0 Å². The van der Waals surface area contributed by atoms with Gasteiger partial charge in [0.2, 0.25) is 0 Å². The molecule has 0 unspecified atom stereocenters. The van der Waals surface area contributed by atoms with Crippen molar-refractivity contribution in [1.29, 1.82) is 0 Å². The van der Waals surface area contributed by atoms with Gasteiger partial charge >= 0.3 is 12.1 Å². The largest absolute Gasteiger partial charge is 0.462 e. The molecule has 2 saturated heterocycles. The molecular formula is C41H55NO8. The van der Waals surface area contributed by atoms with Gasteiger partial charge in [-0.3, -0.25) is 19.3 Å². The van der Waals surface area contributed by atoms with Crippen LogP contribution in [0, 0.1) is 39.9 Å². The summed E-state index contributed by atoms with van der Waals surface area (Å²) in [6, 6.07) is 8.79. The van der Waals surface area contributed by atoms with E-state index in [-0.39, 0.29) is 48.8 Å². The van der Waals surface area contributed by atoms with Crippen LogP contribution in [0.4, 0.5) is 4.79 Å². The van der Waals surface area contributed by atoms with Gasteiger partial charge in [0.25, 0.3) is 0 Å². The zero-order valence-electron chi connectivity index (χ0n) is 31.1. The van der Waals surface area contributed by atoms with Gasteiger partial charge in [-0.25, -0.2) is 9.59 Å². The summed E-state index contributed by atoms with van der Waals surface area (Å²) in [4.78, 5) is 71.2. The number of fused-ring (bicyclic) bond motifs is 5. The van der Waals surface area contributed by atoms with Crippen LogP contribution in [0.2, 0.25) is 0 Å². The van der Waals surface area contributed by atoms with Crippen LogP contribution in [0.25, 0.3) is 0 Å². The standard InChI is InChI=1S/C41H55NO8/c1-25-19-30-29(31(43)20-25)21-32(44)34-38(30,6)23-33(45)39(7,40(34,8)16-17-48-35(46)27-12-10-9-11-13-27)14-15-41-22-26(2)18-28(49-41)24-42(41)36(47)50-37(3,4)5/h9-13,20,26,28-30,34H,14-19,21-24H2,1-8H3/t26-,28+,29-,30+,34-,38-,39+,40-,41-/m0/s1. The lowest BCUT2D eigenvalue weighted by molar-refractivity contribution is -0.194. The van der Waals surface area contributed by atoms with Gasteiger partial charge in [-0.15, -0.1) is 0 Å². The smallest absolute Gasteiger partial charge is 0.412 e. The molecule has 5 aliphatic rings. The first kappa shape index (κ1) is 36.5. The molecule has 0 N–H and O–H groups in total. The lowest BCUT2D eigenvalue weighted by Crippen LogP contribution is -2.66. The monoisotopic (exact) mass is 689 g/mol. The molecule has 1 amide bonds. The number of carbonyl (C=O) groups is 5. The molecule has 6 rings (SSSR count). The van der Waals surface area contributed by atoms with Crippen molar-refractivity contribution in [2.45, 2.75) is 124 Å². The number of likely N-dealkylation sites (tertiary alicyclic amines) is 1. The maximum atomic E-state index is 14.9. The topological polar surface area (TPSA) is 116 Å². The molecule has 1 aromatic rings. The van der Waals surface area contributed by atoms with E-state index in [1.54, 1.807) is 35.2 Å². The summed E-state index contributed by atoms with van der Waals surface area (Å²) in [7, 11) is 0. The first-order valence-corrected chi connectivity index (χ1v) is 18.5. The lowest BCUT2D eigenvalue weighted by Gasteiger charge is -2.64. The first-order valence-electron chi connectivity index (χ1n) is 18.5. The van der Waals surface area contributed by atoms with E-state index >= 15 is 0 Å². The Morgan fingerprint density at radius 2 is 1.70 bits per heavy atom. The molecule has 1 aromatic carbocycles. The highest BCUT2D eigenvalue weighted by molar-refractivity contribution is 6.00. The van der Waals surface area contributed by atoms with Gasteiger partial charge in [0.05, 0.1) is 24.8 Å². The molecule has 0 spiro atoms. The minimum Gasteiger partial charge on any atom is -0.462 e. The summed E-state index contributed by atoms with van der Waals surface area (Å²) >= 11 is 0. The molecule has 0 radical (unpaired) electrons. The summed E-state index contributed by atoms with van der Waals surface area (Å²) in [5.74, 6) is -1.23. The van der Waals surface area contributed by atoms with Gasteiger partial charge < -0.3 is 14.2 Å².